The van der Waals surface area contributed by atoms with Gasteiger partial charge in [0.1, 0.15) is 0 Å². The van der Waals surface area contributed by atoms with Crippen LogP contribution in [0.15, 0.2) is 35.1 Å². The van der Waals surface area contributed by atoms with Crippen LogP contribution in [-0.2, 0) is 11.8 Å². The highest BCUT2D eigenvalue weighted by Gasteiger charge is 2.16. The van der Waals surface area contributed by atoms with Gasteiger partial charge in [-0.25, -0.2) is 9.59 Å². The normalized spacial score (nSPS) is 11.1. The molecule has 0 aliphatic heterocycles. The van der Waals surface area contributed by atoms with Gasteiger partial charge in [-0.2, -0.15) is 9.61 Å². The molecule has 0 spiro atoms. The number of esters is 1. The molecule has 2 heterocycles. The topological polar surface area (TPSA) is 65.6 Å². The zero-order valence-electron chi connectivity index (χ0n) is 11.2. The van der Waals surface area contributed by atoms with Crippen LogP contribution in [0.3, 0.4) is 0 Å². The van der Waals surface area contributed by atoms with Crippen LogP contribution < -0.4 is 5.69 Å². The zero-order valence-corrected chi connectivity index (χ0v) is 11.2. The second kappa shape index (κ2) is 4.48. The van der Waals surface area contributed by atoms with Crippen molar-refractivity contribution in [1.82, 2.24) is 14.2 Å². The lowest BCUT2D eigenvalue weighted by molar-refractivity contribution is 0.0519. The summed E-state index contributed by atoms with van der Waals surface area (Å²) >= 11 is 0. The molecule has 0 fully saturated rings. The molecular formula is C14H13N3O3. The van der Waals surface area contributed by atoms with Gasteiger partial charge < -0.3 is 4.74 Å². The van der Waals surface area contributed by atoms with Crippen LogP contribution in [0.2, 0.25) is 0 Å². The molecule has 0 atom stereocenters. The summed E-state index contributed by atoms with van der Waals surface area (Å²) in [5, 5.41) is 4.91. The van der Waals surface area contributed by atoms with Crippen molar-refractivity contribution in [2.24, 2.45) is 7.05 Å². The molecule has 102 valence electrons. The number of ether oxygens (including phenoxy) is 1. The third-order valence-electron chi connectivity index (χ3n) is 3.20. The Labute approximate surface area is 114 Å². The van der Waals surface area contributed by atoms with E-state index in [2.05, 4.69) is 5.10 Å². The quantitative estimate of drug-likeness (QED) is 0.660. The van der Waals surface area contributed by atoms with Crippen molar-refractivity contribution >= 4 is 22.4 Å². The first kappa shape index (κ1) is 12.4. The highest BCUT2D eigenvalue weighted by molar-refractivity contribution is 5.97. The average molecular weight is 271 g/mol. The van der Waals surface area contributed by atoms with Crippen molar-refractivity contribution in [2.45, 2.75) is 6.92 Å². The number of rotatable bonds is 2. The fourth-order valence-corrected chi connectivity index (χ4v) is 2.25. The van der Waals surface area contributed by atoms with Crippen molar-refractivity contribution in [2.75, 3.05) is 6.61 Å². The number of aryl methyl sites for hydroxylation is 1. The van der Waals surface area contributed by atoms with Crippen LogP contribution in [-0.4, -0.2) is 26.8 Å². The van der Waals surface area contributed by atoms with E-state index in [1.165, 1.54) is 9.08 Å². The van der Waals surface area contributed by atoms with Crippen molar-refractivity contribution in [3.63, 3.8) is 0 Å². The van der Waals surface area contributed by atoms with Gasteiger partial charge in [0.15, 0.2) is 5.69 Å². The Kier molecular flexibility index (Phi) is 2.78. The van der Waals surface area contributed by atoms with Crippen LogP contribution in [0, 0.1) is 0 Å². The third kappa shape index (κ3) is 1.69. The van der Waals surface area contributed by atoms with Gasteiger partial charge in [0.2, 0.25) is 0 Å². The number of hydrogen-bond acceptors (Lipinski definition) is 4. The smallest absolute Gasteiger partial charge is 0.358 e. The largest absolute Gasteiger partial charge is 0.461 e. The van der Waals surface area contributed by atoms with Gasteiger partial charge in [-0.15, -0.1) is 0 Å². The highest BCUT2D eigenvalue weighted by Crippen LogP contribution is 2.18. The molecule has 0 bridgehead atoms. The molecule has 0 N–H and O–H groups in total. The third-order valence-corrected chi connectivity index (χ3v) is 3.20. The number of nitrogens with zero attached hydrogens (tertiary/aromatic N) is 3. The van der Waals surface area contributed by atoms with E-state index < -0.39 is 5.97 Å². The standard InChI is InChI=1S/C14H13N3O3/c1-3-20-13(18)10-8-12-9-6-4-5-7-11(9)16(2)14(19)17(12)15-10/h4-8H,3H2,1-2H3. The van der Waals surface area contributed by atoms with Crippen LogP contribution in [0.25, 0.3) is 16.4 Å². The van der Waals surface area contributed by atoms with E-state index in [1.54, 1.807) is 20.0 Å². The van der Waals surface area contributed by atoms with Gasteiger partial charge in [0.25, 0.3) is 0 Å². The lowest BCUT2D eigenvalue weighted by Gasteiger charge is -2.05. The van der Waals surface area contributed by atoms with Crippen molar-refractivity contribution in [3.05, 3.63) is 46.5 Å². The summed E-state index contributed by atoms with van der Waals surface area (Å²) in [6, 6.07) is 9.07. The molecule has 6 nitrogen and oxygen atoms in total. The average Bonchev–Trinajstić information content (AvgIpc) is 2.90. The number of aromatic nitrogens is 3. The summed E-state index contributed by atoms with van der Waals surface area (Å²) in [7, 11) is 1.68. The minimum Gasteiger partial charge on any atom is -0.461 e. The molecule has 20 heavy (non-hydrogen) atoms. The van der Waals surface area contributed by atoms with Crippen molar-refractivity contribution in [3.8, 4) is 0 Å². The highest BCUT2D eigenvalue weighted by atomic mass is 16.5. The maximum atomic E-state index is 12.2. The molecule has 1 aromatic carbocycles. The summed E-state index contributed by atoms with van der Waals surface area (Å²) in [6.07, 6.45) is 0. The predicted molar refractivity (Wildman–Crippen MR) is 73.9 cm³/mol. The lowest BCUT2D eigenvalue weighted by Crippen LogP contribution is -2.25. The molecule has 0 radical (unpaired) electrons. The molecule has 0 aliphatic carbocycles. The number of carbonyl (C=O) groups is 1. The fraction of sp³-hybridized carbons (Fsp3) is 0.214. The molecule has 0 amide bonds. The van der Waals surface area contributed by atoms with Gasteiger partial charge in [-0.05, 0) is 19.1 Å². The van der Waals surface area contributed by atoms with E-state index in [1.807, 2.05) is 24.3 Å². The van der Waals surface area contributed by atoms with Crippen LogP contribution in [0.4, 0.5) is 0 Å². The molecule has 0 saturated heterocycles. The molecule has 3 aromatic rings. The first-order valence-corrected chi connectivity index (χ1v) is 6.28. The summed E-state index contributed by atoms with van der Waals surface area (Å²) in [5.41, 5.74) is 1.24. The second-order valence-electron chi connectivity index (χ2n) is 4.41. The van der Waals surface area contributed by atoms with Gasteiger partial charge in [0, 0.05) is 12.4 Å². The van der Waals surface area contributed by atoms with Crippen LogP contribution >= 0.6 is 0 Å². The van der Waals surface area contributed by atoms with E-state index in [0.717, 1.165) is 10.9 Å². The second-order valence-corrected chi connectivity index (χ2v) is 4.41. The maximum Gasteiger partial charge on any atom is 0.358 e. The Balaban J connectivity index is 2.38. The number of fused-ring (bicyclic) bond motifs is 3. The van der Waals surface area contributed by atoms with Gasteiger partial charge in [-0.1, -0.05) is 18.2 Å². The van der Waals surface area contributed by atoms with Crippen molar-refractivity contribution in [1.29, 1.82) is 0 Å². The molecule has 2 aromatic heterocycles. The Morgan fingerprint density at radius 3 is 2.80 bits per heavy atom. The van der Waals surface area contributed by atoms with Crippen LogP contribution in [0.1, 0.15) is 17.4 Å². The molecule has 0 saturated carbocycles. The van der Waals surface area contributed by atoms with E-state index in [9.17, 15) is 9.59 Å². The first-order chi connectivity index (χ1) is 9.63. The minimum atomic E-state index is -0.526. The Hall–Kier alpha value is -2.63. The molecule has 6 heteroatoms. The van der Waals surface area contributed by atoms with E-state index in [4.69, 9.17) is 4.74 Å². The molecular weight excluding hydrogens is 258 g/mol. The summed E-state index contributed by atoms with van der Waals surface area (Å²) in [6.45, 7) is 1.99. The van der Waals surface area contributed by atoms with E-state index >= 15 is 0 Å². The molecule has 0 unspecified atom stereocenters. The fourth-order valence-electron chi connectivity index (χ4n) is 2.25. The Morgan fingerprint density at radius 1 is 1.30 bits per heavy atom. The van der Waals surface area contributed by atoms with Crippen LogP contribution in [0.5, 0.6) is 0 Å². The Bertz CT molecular complexity index is 876. The minimum absolute atomic E-state index is 0.139. The van der Waals surface area contributed by atoms with Gasteiger partial charge in [0.05, 0.1) is 17.6 Å². The first-order valence-electron chi connectivity index (χ1n) is 6.28. The van der Waals surface area contributed by atoms with E-state index in [-0.39, 0.29) is 18.0 Å². The summed E-state index contributed by atoms with van der Waals surface area (Å²) in [4.78, 5) is 24.0. The van der Waals surface area contributed by atoms with Gasteiger partial charge >= 0.3 is 11.7 Å². The zero-order chi connectivity index (χ0) is 14.3. The monoisotopic (exact) mass is 271 g/mol. The lowest BCUT2D eigenvalue weighted by atomic mass is 10.2. The number of benzene rings is 1. The predicted octanol–water partition coefficient (Wildman–Crippen LogP) is 1.36. The summed E-state index contributed by atoms with van der Waals surface area (Å²) in [5.74, 6) is -0.526. The SMILES string of the molecule is CCOC(=O)c1cc2c3ccccc3n(C)c(=O)n2n1. The molecule has 3 rings (SSSR count). The number of para-hydroxylation sites is 1. The summed E-state index contributed by atoms with van der Waals surface area (Å²) < 4.78 is 7.65. The number of hydrogen-bond donors (Lipinski definition) is 0. The van der Waals surface area contributed by atoms with E-state index in [0.29, 0.717) is 5.52 Å². The Morgan fingerprint density at radius 2 is 2.05 bits per heavy atom. The van der Waals surface area contributed by atoms with Crippen molar-refractivity contribution < 1.29 is 9.53 Å². The maximum absolute atomic E-state index is 12.2. The molecule has 0 aliphatic rings. The van der Waals surface area contributed by atoms with Gasteiger partial charge in [-0.3, -0.25) is 4.57 Å². The number of carbonyl (C=O) groups excluding carboxylic acids is 1.